The molecular formula is C17H25FN2O2. The number of amides is 1. The van der Waals surface area contributed by atoms with E-state index in [2.05, 4.69) is 5.32 Å². The van der Waals surface area contributed by atoms with E-state index in [1.54, 1.807) is 32.9 Å². The summed E-state index contributed by atoms with van der Waals surface area (Å²) in [5.74, 6) is -0.365. The third-order valence-corrected chi connectivity index (χ3v) is 4.32. The van der Waals surface area contributed by atoms with Crippen molar-refractivity contribution in [3.05, 3.63) is 29.6 Å². The Labute approximate surface area is 131 Å². The van der Waals surface area contributed by atoms with Gasteiger partial charge in [0, 0.05) is 16.6 Å². The maximum absolute atomic E-state index is 14.4. The van der Waals surface area contributed by atoms with Crippen LogP contribution >= 0.6 is 0 Å². The molecule has 5 heteroatoms. The number of carbonyl (C=O) groups excluding carboxylic acids is 1. The first-order valence-electron chi connectivity index (χ1n) is 7.54. The van der Waals surface area contributed by atoms with Gasteiger partial charge in [0.25, 0.3) is 0 Å². The molecule has 3 N–H and O–H groups in total. The van der Waals surface area contributed by atoms with Gasteiger partial charge in [-0.15, -0.1) is 0 Å². The van der Waals surface area contributed by atoms with Gasteiger partial charge < -0.3 is 10.5 Å². The maximum Gasteiger partial charge on any atom is 0.412 e. The summed E-state index contributed by atoms with van der Waals surface area (Å²) < 4.78 is 19.6. The zero-order valence-corrected chi connectivity index (χ0v) is 13.9. The molecule has 0 bridgehead atoms. The smallest absolute Gasteiger partial charge is 0.412 e. The fraction of sp³-hybridized carbons (Fsp3) is 0.588. The Morgan fingerprint density at radius 3 is 2.32 bits per heavy atom. The van der Waals surface area contributed by atoms with Crippen LogP contribution in [0.1, 0.15) is 53.0 Å². The van der Waals surface area contributed by atoms with Crippen molar-refractivity contribution in [2.75, 3.05) is 5.32 Å². The highest BCUT2D eigenvalue weighted by molar-refractivity contribution is 5.84. The quantitative estimate of drug-likeness (QED) is 0.889. The van der Waals surface area contributed by atoms with Crippen LogP contribution in [0, 0.1) is 5.82 Å². The van der Waals surface area contributed by atoms with Crippen molar-refractivity contribution < 1.29 is 13.9 Å². The molecule has 0 aliphatic heterocycles. The average Bonchev–Trinajstić information content (AvgIpc) is 3.06. The second kappa shape index (κ2) is 5.23. The van der Waals surface area contributed by atoms with Crippen LogP contribution in [0.25, 0.3) is 0 Å². The average molecular weight is 308 g/mol. The molecule has 1 aliphatic carbocycles. The molecule has 1 fully saturated rings. The highest BCUT2D eigenvalue weighted by Gasteiger charge is 2.52. The summed E-state index contributed by atoms with van der Waals surface area (Å²) in [5.41, 5.74) is 5.82. The number of hydrogen-bond acceptors (Lipinski definition) is 3. The van der Waals surface area contributed by atoms with E-state index in [0.29, 0.717) is 11.3 Å². The number of rotatable bonds is 3. The van der Waals surface area contributed by atoms with Gasteiger partial charge in [0.15, 0.2) is 0 Å². The third-order valence-electron chi connectivity index (χ3n) is 4.32. The van der Waals surface area contributed by atoms with E-state index in [9.17, 15) is 9.18 Å². The normalized spacial score (nSPS) is 17.0. The van der Waals surface area contributed by atoms with Crippen LogP contribution in [-0.2, 0) is 10.2 Å². The minimum atomic E-state index is -0.601. The lowest BCUT2D eigenvalue weighted by Crippen LogP contribution is -2.43. The SMILES string of the molecule is CC(C)(C)OC(=O)Nc1ccc(C(C)(C)C2(N)CC2)c(F)c1. The topological polar surface area (TPSA) is 64.3 Å². The number of nitrogens with two attached hydrogens (primary N) is 1. The third kappa shape index (κ3) is 3.40. The molecule has 0 saturated heterocycles. The van der Waals surface area contributed by atoms with Gasteiger partial charge in [0.2, 0.25) is 0 Å². The van der Waals surface area contributed by atoms with Gasteiger partial charge in [-0.3, -0.25) is 5.32 Å². The molecule has 1 saturated carbocycles. The zero-order chi connectivity index (χ0) is 16.8. The molecule has 0 aromatic heterocycles. The summed E-state index contributed by atoms with van der Waals surface area (Å²) in [6.07, 6.45) is 1.20. The van der Waals surface area contributed by atoms with Crippen molar-refractivity contribution in [2.24, 2.45) is 5.73 Å². The number of nitrogens with one attached hydrogen (secondary N) is 1. The summed E-state index contributed by atoms with van der Waals surface area (Å²) in [4.78, 5) is 11.7. The molecule has 0 radical (unpaired) electrons. The number of anilines is 1. The van der Waals surface area contributed by atoms with Crippen molar-refractivity contribution in [2.45, 2.75) is 64.0 Å². The van der Waals surface area contributed by atoms with Crippen LogP contribution in [0.4, 0.5) is 14.9 Å². The first-order valence-corrected chi connectivity index (χ1v) is 7.54. The first-order chi connectivity index (χ1) is 9.95. The van der Waals surface area contributed by atoms with Crippen LogP contribution in [-0.4, -0.2) is 17.2 Å². The number of benzene rings is 1. The van der Waals surface area contributed by atoms with Gasteiger partial charge >= 0.3 is 6.09 Å². The largest absolute Gasteiger partial charge is 0.444 e. The van der Waals surface area contributed by atoms with Gasteiger partial charge in [-0.2, -0.15) is 0 Å². The Bertz CT molecular complexity index is 587. The molecule has 0 heterocycles. The number of hydrogen-bond donors (Lipinski definition) is 2. The van der Waals surface area contributed by atoms with Gasteiger partial charge in [-0.05, 0) is 51.3 Å². The molecule has 122 valence electrons. The molecule has 1 amide bonds. The summed E-state index contributed by atoms with van der Waals surface area (Å²) >= 11 is 0. The fourth-order valence-corrected chi connectivity index (χ4v) is 2.55. The predicted octanol–water partition coefficient (Wildman–Crippen LogP) is 3.94. The highest BCUT2D eigenvalue weighted by Crippen LogP contribution is 2.49. The van der Waals surface area contributed by atoms with Crippen molar-refractivity contribution in [3.8, 4) is 0 Å². The molecule has 0 atom stereocenters. The number of carbonyl (C=O) groups is 1. The van der Waals surface area contributed by atoms with Crippen LogP contribution in [0.3, 0.4) is 0 Å². The number of ether oxygens (including phenoxy) is 1. The Hall–Kier alpha value is -1.62. The molecule has 0 unspecified atom stereocenters. The molecule has 0 spiro atoms. The predicted molar refractivity (Wildman–Crippen MR) is 85.4 cm³/mol. The molecule has 4 nitrogen and oxygen atoms in total. The summed E-state index contributed by atoms with van der Waals surface area (Å²) in [6.45, 7) is 9.23. The van der Waals surface area contributed by atoms with E-state index < -0.39 is 17.1 Å². The van der Waals surface area contributed by atoms with Crippen molar-refractivity contribution in [1.82, 2.24) is 0 Å². The summed E-state index contributed by atoms with van der Waals surface area (Å²) in [7, 11) is 0. The molecule has 1 aromatic carbocycles. The second-order valence-electron chi connectivity index (χ2n) is 7.60. The minimum Gasteiger partial charge on any atom is -0.444 e. The molecule has 2 rings (SSSR count). The van der Waals surface area contributed by atoms with E-state index >= 15 is 0 Å². The molecule has 1 aromatic rings. The standard InChI is InChI=1S/C17H25FN2O2/c1-15(2,3)22-14(21)20-11-6-7-12(13(18)10-11)16(4,5)17(19)8-9-17/h6-7,10H,8-9,19H2,1-5H3,(H,20,21). The molecule has 1 aliphatic rings. The lowest BCUT2D eigenvalue weighted by molar-refractivity contribution is 0.0636. The Morgan fingerprint density at radius 2 is 1.86 bits per heavy atom. The molecular weight excluding hydrogens is 283 g/mol. The lowest BCUT2D eigenvalue weighted by atomic mass is 9.75. The zero-order valence-electron chi connectivity index (χ0n) is 13.9. The van der Waals surface area contributed by atoms with Crippen molar-refractivity contribution >= 4 is 11.8 Å². The maximum atomic E-state index is 14.4. The van der Waals surface area contributed by atoms with Gasteiger partial charge in [-0.1, -0.05) is 19.9 Å². The lowest BCUT2D eigenvalue weighted by Gasteiger charge is -2.33. The van der Waals surface area contributed by atoms with E-state index in [1.165, 1.54) is 6.07 Å². The van der Waals surface area contributed by atoms with Gasteiger partial charge in [-0.25, -0.2) is 9.18 Å². The van der Waals surface area contributed by atoms with Crippen LogP contribution in [0.2, 0.25) is 0 Å². The molecule has 22 heavy (non-hydrogen) atoms. The Kier molecular flexibility index (Phi) is 3.98. The first kappa shape index (κ1) is 16.7. The highest BCUT2D eigenvalue weighted by atomic mass is 19.1. The number of halogens is 1. The van der Waals surface area contributed by atoms with Crippen molar-refractivity contribution in [1.29, 1.82) is 0 Å². The van der Waals surface area contributed by atoms with E-state index in [-0.39, 0.29) is 11.4 Å². The minimum absolute atomic E-state index is 0.339. The van der Waals surface area contributed by atoms with E-state index in [0.717, 1.165) is 12.8 Å². The fourth-order valence-electron chi connectivity index (χ4n) is 2.55. The van der Waals surface area contributed by atoms with E-state index in [4.69, 9.17) is 10.5 Å². The van der Waals surface area contributed by atoms with Crippen LogP contribution in [0.5, 0.6) is 0 Å². The second-order valence-corrected chi connectivity index (χ2v) is 7.60. The Balaban J connectivity index is 2.15. The van der Waals surface area contributed by atoms with Crippen molar-refractivity contribution in [3.63, 3.8) is 0 Å². The van der Waals surface area contributed by atoms with Gasteiger partial charge in [0.05, 0.1) is 0 Å². The van der Waals surface area contributed by atoms with E-state index in [1.807, 2.05) is 13.8 Å². The van der Waals surface area contributed by atoms with Crippen LogP contribution < -0.4 is 11.1 Å². The van der Waals surface area contributed by atoms with Gasteiger partial charge in [0.1, 0.15) is 11.4 Å². The Morgan fingerprint density at radius 1 is 1.27 bits per heavy atom. The monoisotopic (exact) mass is 308 g/mol. The summed E-state index contributed by atoms with van der Waals surface area (Å²) in [6, 6.07) is 4.68. The summed E-state index contributed by atoms with van der Waals surface area (Å²) in [5, 5.41) is 2.54. The van der Waals surface area contributed by atoms with Crippen LogP contribution in [0.15, 0.2) is 18.2 Å².